The Hall–Kier alpha value is -3.50. The Morgan fingerprint density at radius 3 is 2.58 bits per heavy atom. The second-order valence-corrected chi connectivity index (χ2v) is 11.8. The van der Waals surface area contributed by atoms with Gasteiger partial charge in [-0.15, -0.1) is 0 Å². The summed E-state index contributed by atoms with van der Waals surface area (Å²) in [5, 5.41) is 12.3. The van der Waals surface area contributed by atoms with Crippen molar-refractivity contribution >= 4 is 23.7 Å². The van der Waals surface area contributed by atoms with Gasteiger partial charge in [0.1, 0.15) is 18.2 Å². The Morgan fingerprint density at radius 1 is 1.00 bits per heavy atom. The molecular formula is C33H43N3O7. The van der Waals surface area contributed by atoms with Crippen molar-refractivity contribution in [3.05, 3.63) is 60.2 Å². The number of nitrogens with one attached hydrogen (secondary N) is 1. The number of amides is 3. The average Bonchev–Trinajstić information content (AvgIpc) is 3.65. The van der Waals surface area contributed by atoms with Crippen LogP contribution in [-0.2, 0) is 28.7 Å². The molecule has 0 unspecified atom stereocenters. The van der Waals surface area contributed by atoms with Crippen LogP contribution in [0.25, 0.3) is 0 Å². The minimum atomic E-state index is -1.24. The van der Waals surface area contributed by atoms with Gasteiger partial charge in [-0.05, 0) is 37.7 Å². The molecule has 1 aromatic rings. The minimum absolute atomic E-state index is 0.0426. The average molecular weight is 594 g/mol. The van der Waals surface area contributed by atoms with Crippen molar-refractivity contribution in [1.82, 2.24) is 15.1 Å². The Labute approximate surface area is 253 Å². The number of fused-ring (bicyclic) bond motifs is 2. The number of carbonyl (C=O) groups excluding carboxylic acids is 4. The third-order valence-electron chi connectivity index (χ3n) is 9.00. The molecule has 10 heteroatoms. The molecule has 0 radical (unpaired) electrons. The Morgan fingerprint density at radius 2 is 1.81 bits per heavy atom. The van der Waals surface area contributed by atoms with Crippen molar-refractivity contribution in [3.8, 4) is 0 Å². The van der Waals surface area contributed by atoms with E-state index in [1.165, 1.54) is 0 Å². The molecule has 4 aliphatic rings. The second kappa shape index (κ2) is 13.9. The molecule has 4 aliphatic heterocycles. The molecule has 3 amide bonds. The number of likely N-dealkylation sites (tertiary alicyclic amines) is 1. The first-order valence-corrected chi connectivity index (χ1v) is 15.6. The third kappa shape index (κ3) is 6.26. The van der Waals surface area contributed by atoms with Gasteiger partial charge in [0.25, 0.3) is 0 Å². The van der Waals surface area contributed by atoms with Crippen molar-refractivity contribution < 1.29 is 33.8 Å². The van der Waals surface area contributed by atoms with E-state index in [9.17, 15) is 24.3 Å². The molecule has 6 atom stereocenters. The Kier molecular flexibility index (Phi) is 9.97. The number of cyclic esters (lactones) is 1. The lowest BCUT2D eigenvalue weighted by Gasteiger charge is -2.36. The van der Waals surface area contributed by atoms with Crippen LogP contribution in [0.5, 0.6) is 0 Å². The predicted molar refractivity (Wildman–Crippen MR) is 158 cm³/mol. The Bertz CT molecular complexity index is 1230. The smallest absolute Gasteiger partial charge is 0.306 e. The van der Waals surface area contributed by atoms with Crippen LogP contribution in [0.1, 0.15) is 63.5 Å². The maximum absolute atomic E-state index is 14.4. The van der Waals surface area contributed by atoms with Gasteiger partial charge < -0.3 is 29.7 Å². The molecule has 1 aromatic carbocycles. The maximum atomic E-state index is 14.4. The lowest BCUT2D eigenvalue weighted by Crippen LogP contribution is -2.56. The normalized spacial score (nSPS) is 31.7. The molecule has 0 saturated carbocycles. The zero-order valence-electron chi connectivity index (χ0n) is 24.9. The molecule has 232 valence electrons. The second-order valence-electron chi connectivity index (χ2n) is 11.8. The lowest BCUT2D eigenvalue weighted by molar-refractivity contribution is -0.148. The number of rotatable bonds is 9. The largest absolute Gasteiger partial charge is 0.463 e. The fraction of sp³-hybridized carbons (Fsp3) is 0.576. The van der Waals surface area contributed by atoms with Crippen LogP contribution in [0.3, 0.4) is 0 Å². The van der Waals surface area contributed by atoms with E-state index >= 15 is 0 Å². The monoisotopic (exact) mass is 593 g/mol. The van der Waals surface area contributed by atoms with E-state index in [1.807, 2.05) is 54.6 Å². The molecule has 5 rings (SSSR count). The summed E-state index contributed by atoms with van der Waals surface area (Å²) in [6, 6.07) is 7.78. The van der Waals surface area contributed by atoms with E-state index in [0.717, 1.165) is 18.4 Å². The zero-order valence-corrected chi connectivity index (χ0v) is 24.9. The molecule has 10 nitrogen and oxygen atoms in total. The standard InChI is InChI=1S/C33H43N3O7/c1-2-3-18-35-19-10-5-9-15-26(38)42-22-24(23-13-7-4-8-14-23)34-30(39)27-25-16-17-33(43-25)28(27)31(40)36(29(33)32(35)41)20-11-6-12-21-37/h4-5,7-8,10,13-14,16-17,24-25,27-29,37H,2-3,6,9,11-12,15,18-22H2,1H3,(H,34,39)/b10-5-/t24-,25-,27+,28+,29-,33+/m0/s1. The summed E-state index contributed by atoms with van der Waals surface area (Å²) in [4.78, 5) is 58.6. The van der Waals surface area contributed by atoms with E-state index in [2.05, 4.69) is 12.2 Å². The molecule has 2 fully saturated rings. The van der Waals surface area contributed by atoms with Crippen LogP contribution in [-0.4, -0.2) is 89.2 Å². The number of aliphatic hydroxyl groups excluding tert-OH is 1. The third-order valence-corrected chi connectivity index (χ3v) is 9.00. The molecule has 2 saturated heterocycles. The van der Waals surface area contributed by atoms with Crippen molar-refractivity contribution in [3.63, 3.8) is 0 Å². The molecule has 2 N–H and O–H groups in total. The van der Waals surface area contributed by atoms with Gasteiger partial charge in [0, 0.05) is 32.7 Å². The highest BCUT2D eigenvalue weighted by Crippen LogP contribution is 2.55. The number of benzene rings is 1. The van der Waals surface area contributed by atoms with Gasteiger partial charge in [-0.3, -0.25) is 19.2 Å². The number of unbranched alkanes of at least 4 members (excludes halogenated alkanes) is 3. The number of hydrogen-bond acceptors (Lipinski definition) is 7. The molecule has 5 bridgehead atoms. The fourth-order valence-corrected chi connectivity index (χ4v) is 6.82. The number of ether oxygens (including phenoxy) is 2. The SMILES string of the molecule is CCCCN1C/C=C\CCC(=O)OC[C@@H](c2ccccc2)NC(=O)[C@@H]2[C@@H]3C=C[C@]4(O3)[C@H](C1=O)N(CCCCCO)C(=O)[C@@H]24. The topological polar surface area (TPSA) is 125 Å². The van der Waals surface area contributed by atoms with Gasteiger partial charge in [0.05, 0.1) is 24.0 Å². The summed E-state index contributed by atoms with van der Waals surface area (Å²) >= 11 is 0. The number of hydrogen-bond donors (Lipinski definition) is 2. The maximum Gasteiger partial charge on any atom is 0.306 e. The van der Waals surface area contributed by atoms with Crippen LogP contribution in [0.4, 0.5) is 0 Å². The number of esters is 1. The summed E-state index contributed by atoms with van der Waals surface area (Å²) in [5.74, 6) is -2.90. The summed E-state index contributed by atoms with van der Waals surface area (Å²) in [7, 11) is 0. The summed E-state index contributed by atoms with van der Waals surface area (Å²) in [6.07, 6.45) is 11.0. The van der Waals surface area contributed by atoms with E-state index in [4.69, 9.17) is 9.47 Å². The van der Waals surface area contributed by atoms with Crippen LogP contribution < -0.4 is 5.32 Å². The highest BCUT2D eigenvalue weighted by molar-refractivity contribution is 6.00. The van der Waals surface area contributed by atoms with Gasteiger partial charge in [-0.25, -0.2) is 0 Å². The quantitative estimate of drug-likeness (QED) is 0.256. The number of allylic oxidation sites excluding steroid dienone is 1. The molecule has 1 spiro atoms. The van der Waals surface area contributed by atoms with Crippen molar-refractivity contribution in [2.45, 2.75) is 75.7 Å². The van der Waals surface area contributed by atoms with Crippen LogP contribution in [0, 0.1) is 11.8 Å². The lowest BCUT2D eigenvalue weighted by atomic mass is 9.74. The van der Waals surface area contributed by atoms with Crippen molar-refractivity contribution in [2.75, 3.05) is 32.8 Å². The fourth-order valence-electron chi connectivity index (χ4n) is 6.82. The zero-order chi connectivity index (χ0) is 30.4. The molecule has 43 heavy (non-hydrogen) atoms. The number of nitrogens with zero attached hydrogens (tertiary/aromatic N) is 2. The molecular weight excluding hydrogens is 550 g/mol. The Balaban J connectivity index is 1.52. The van der Waals surface area contributed by atoms with Crippen molar-refractivity contribution in [2.24, 2.45) is 11.8 Å². The van der Waals surface area contributed by atoms with Crippen LogP contribution in [0.15, 0.2) is 54.6 Å². The van der Waals surface area contributed by atoms with Crippen LogP contribution in [0.2, 0.25) is 0 Å². The van der Waals surface area contributed by atoms with Gasteiger partial charge >= 0.3 is 5.97 Å². The summed E-state index contributed by atoms with van der Waals surface area (Å²) in [5.41, 5.74) is -0.465. The molecule has 4 heterocycles. The van der Waals surface area contributed by atoms with E-state index < -0.39 is 35.6 Å². The number of carbonyl (C=O) groups is 4. The van der Waals surface area contributed by atoms with Gasteiger partial charge in [0.15, 0.2) is 0 Å². The van der Waals surface area contributed by atoms with Gasteiger partial charge in [-0.2, -0.15) is 0 Å². The molecule has 0 aromatic heterocycles. The van der Waals surface area contributed by atoms with E-state index in [0.29, 0.717) is 45.3 Å². The van der Waals surface area contributed by atoms with E-state index in [-0.39, 0.29) is 43.3 Å². The first-order valence-electron chi connectivity index (χ1n) is 15.6. The summed E-state index contributed by atoms with van der Waals surface area (Å²) in [6.45, 7) is 3.27. The van der Waals surface area contributed by atoms with Gasteiger partial charge in [-0.1, -0.05) is 68.0 Å². The molecule has 0 aliphatic carbocycles. The summed E-state index contributed by atoms with van der Waals surface area (Å²) < 4.78 is 12.1. The highest BCUT2D eigenvalue weighted by atomic mass is 16.5. The first kappa shape index (κ1) is 30.9. The predicted octanol–water partition coefficient (Wildman–Crippen LogP) is 2.68. The first-order chi connectivity index (χ1) is 20.9. The highest BCUT2D eigenvalue weighted by Gasteiger charge is 2.73. The van der Waals surface area contributed by atoms with Gasteiger partial charge in [0.2, 0.25) is 17.7 Å². The van der Waals surface area contributed by atoms with E-state index in [1.54, 1.807) is 9.80 Å². The minimum Gasteiger partial charge on any atom is -0.463 e. The van der Waals surface area contributed by atoms with Crippen LogP contribution >= 0.6 is 0 Å². The van der Waals surface area contributed by atoms with Crippen molar-refractivity contribution in [1.29, 1.82) is 0 Å². The number of aliphatic hydroxyl groups is 1.